The van der Waals surface area contributed by atoms with Crippen LogP contribution >= 0.6 is 0 Å². The molecular weight excluding hydrogens is 304 g/mol. The van der Waals surface area contributed by atoms with Crippen molar-refractivity contribution in [2.24, 2.45) is 11.8 Å². The molecule has 3 fully saturated rings. The molecule has 1 heterocycles. The number of fused-ring (bicyclic) bond motifs is 1. The highest BCUT2D eigenvalue weighted by Crippen LogP contribution is 2.58. The molecule has 132 valence electrons. The van der Waals surface area contributed by atoms with Crippen LogP contribution in [0.25, 0.3) is 0 Å². The standard InChI is InChI=1S/C20H28O4/c1-14-17-7-4-8-18(21)19(17,9-10-20(14)23-11-12-24-20)15-5-3-6-16(13-15)22-2/h3,5-6,13-14,17-18,21H,4,7-12H2,1-2H3/t14-,17-,18-,19+/m0/s1. The van der Waals surface area contributed by atoms with E-state index in [1.54, 1.807) is 7.11 Å². The summed E-state index contributed by atoms with van der Waals surface area (Å²) in [5, 5.41) is 11.1. The number of methoxy groups -OCH3 is 1. The number of benzene rings is 1. The number of aliphatic hydroxyl groups excluding tert-OH is 1. The third-order valence-corrected chi connectivity index (χ3v) is 6.82. The molecule has 2 saturated carbocycles. The molecule has 2 aliphatic carbocycles. The molecular formula is C20H28O4. The summed E-state index contributed by atoms with van der Waals surface area (Å²) in [4.78, 5) is 0. The molecule has 1 spiro atoms. The Balaban J connectivity index is 1.77. The van der Waals surface area contributed by atoms with Crippen molar-refractivity contribution in [1.29, 1.82) is 0 Å². The predicted octanol–water partition coefficient (Wildman–Crippen LogP) is 3.27. The maximum atomic E-state index is 11.1. The maximum absolute atomic E-state index is 11.1. The van der Waals surface area contributed by atoms with Crippen LogP contribution in [0, 0.1) is 11.8 Å². The lowest BCUT2D eigenvalue weighted by molar-refractivity contribution is -0.246. The van der Waals surface area contributed by atoms with E-state index in [0.717, 1.165) is 37.9 Å². The van der Waals surface area contributed by atoms with Crippen molar-refractivity contribution in [1.82, 2.24) is 0 Å². The van der Waals surface area contributed by atoms with Crippen molar-refractivity contribution >= 4 is 0 Å². The van der Waals surface area contributed by atoms with Crippen LogP contribution in [0.15, 0.2) is 24.3 Å². The van der Waals surface area contributed by atoms with Gasteiger partial charge in [0.1, 0.15) is 5.75 Å². The number of hydrogen-bond donors (Lipinski definition) is 1. The first-order valence-electron chi connectivity index (χ1n) is 9.23. The van der Waals surface area contributed by atoms with E-state index in [2.05, 4.69) is 19.1 Å². The predicted molar refractivity (Wildman–Crippen MR) is 91.1 cm³/mol. The Hall–Kier alpha value is -1.10. The summed E-state index contributed by atoms with van der Waals surface area (Å²) in [6.07, 6.45) is 4.48. The van der Waals surface area contributed by atoms with Crippen molar-refractivity contribution in [3.63, 3.8) is 0 Å². The zero-order chi connectivity index (χ0) is 16.8. The molecule has 4 heteroatoms. The van der Waals surface area contributed by atoms with Crippen molar-refractivity contribution in [2.45, 2.75) is 56.3 Å². The van der Waals surface area contributed by atoms with Crippen LogP contribution in [0.5, 0.6) is 5.75 Å². The summed E-state index contributed by atoms with van der Waals surface area (Å²) in [5.41, 5.74) is 0.992. The van der Waals surface area contributed by atoms with Crippen molar-refractivity contribution < 1.29 is 19.3 Å². The van der Waals surface area contributed by atoms with Gasteiger partial charge in [-0.3, -0.25) is 0 Å². The van der Waals surface area contributed by atoms with Crippen LogP contribution in [0.3, 0.4) is 0 Å². The first-order chi connectivity index (χ1) is 11.6. The quantitative estimate of drug-likeness (QED) is 0.903. The van der Waals surface area contributed by atoms with E-state index in [1.165, 1.54) is 5.56 Å². The lowest BCUT2D eigenvalue weighted by Gasteiger charge is -2.57. The molecule has 1 saturated heterocycles. The Morgan fingerprint density at radius 1 is 1.17 bits per heavy atom. The van der Waals surface area contributed by atoms with E-state index in [1.807, 2.05) is 12.1 Å². The van der Waals surface area contributed by atoms with E-state index in [4.69, 9.17) is 14.2 Å². The minimum absolute atomic E-state index is 0.216. The first kappa shape index (κ1) is 16.4. The van der Waals surface area contributed by atoms with Gasteiger partial charge in [0.2, 0.25) is 0 Å². The third-order valence-electron chi connectivity index (χ3n) is 6.82. The molecule has 0 unspecified atom stereocenters. The van der Waals surface area contributed by atoms with Crippen LogP contribution < -0.4 is 4.74 Å². The highest BCUT2D eigenvalue weighted by atomic mass is 16.7. The van der Waals surface area contributed by atoms with Gasteiger partial charge in [-0.05, 0) is 42.9 Å². The SMILES string of the molecule is COc1cccc([C@]23CCC4(OCCO4)[C@@H](C)[C@@H]2CCC[C@@H]3O)c1. The topological polar surface area (TPSA) is 47.9 Å². The number of aliphatic hydroxyl groups is 1. The summed E-state index contributed by atoms with van der Waals surface area (Å²) in [5.74, 6) is 1.05. The summed E-state index contributed by atoms with van der Waals surface area (Å²) < 4.78 is 17.6. The maximum Gasteiger partial charge on any atom is 0.171 e. The highest BCUT2D eigenvalue weighted by Gasteiger charge is 2.60. The van der Waals surface area contributed by atoms with Gasteiger partial charge in [0.25, 0.3) is 0 Å². The third kappa shape index (κ3) is 2.23. The second kappa shape index (κ2) is 6.01. The lowest BCUT2D eigenvalue weighted by atomic mass is 9.51. The highest BCUT2D eigenvalue weighted by molar-refractivity contribution is 5.37. The van der Waals surface area contributed by atoms with Crippen LogP contribution in [-0.4, -0.2) is 37.3 Å². The molecule has 1 aliphatic heterocycles. The largest absolute Gasteiger partial charge is 0.497 e. The van der Waals surface area contributed by atoms with Crippen molar-refractivity contribution in [3.8, 4) is 5.75 Å². The molecule has 0 bridgehead atoms. The molecule has 1 aromatic rings. The van der Waals surface area contributed by atoms with Gasteiger partial charge in [-0.1, -0.05) is 25.5 Å². The minimum atomic E-state index is -0.440. The molecule has 4 rings (SSSR count). The van der Waals surface area contributed by atoms with Gasteiger partial charge in [-0.25, -0.2) is 0 Å². The normalized spacial score (nSPS) is 38.0. The zero-order valence-electron chi connectivity index (χ0n) is 14.7. The molecule has 1 aromatic carbocycles. The van der Waals surface area contributed by atoms with E-state index in [9.17, 15) is 5.11 Å². The monoisotopic (exact) mass is 332 g/mol. The lowest BCUT2D eigenvalue weighted by Crippen LogP contribution is -2.60. The Kier molecular flexibility index (Phi) is 4.10. The van der Waals surface area contributed by atoms with Gasteiger partial charge in [-0.15, -0.1) is 0 Å². The average molecular weight is 332 g/mol. The number of rotatable bonds is 2. The summed E-state index contributed by atoms with van der Waals surface area (Å²) in [6, 6.07) is 8.29. The minimum Gasteiger partial charge on any atom is -0.497 e. The molecule has 4 nitrogen and oxygen atoms in total. The smallest absolute Gasteiger partial charge is 0.171 e. The summed E-state index contributed by atoms with van der Waals surface area (Å²) in [7, 11) is 1.70. The van der Waals surface area contributed by atoms with Gasteiger partial charge in [0.15, 0.2) is 5.79 Å². The molecule has 24 heavy (non-hydrogen) atoms. The summed E-state index contributed by atoms with van der Waals surface area (Å²) in [6.45, 7) is 3.62. The van der Waals surface area contributed by atoms with Crippen LogP contribution in [-0.2, 0) is 14.9 Å². The Bertz CT molecular complexity index is 595. The van der Waals surface area contributed by atoms with Crippen LogP contribution in [0.4, 0.5) is 0 Å². The molecule has 0 aromatic heterocycles. The van der Waals surface area contributed by atoms with Crippen molar-refractivity contribution in [3.05, 3.63) is 29.8 Å². The van der Waals surface area contributed by atoms with E-state index < -0.39 is 5.79 Å². The Morgan fingerprint density at radius 2 is 1.96 bits per heavy atom. The fraction of sp³-hybridized carbons (Fsp3) is 0.700. The fourth-order valence-electron chi connectivity index (χ4n) is 5.60. The van der Waals surface area contributed by atoms with Crippen LogP contribution in [0.1, 0.15) is 44.6 Å². The van der Waals surface area contributed by atoms with E-state index in [-0.39, 0.29) is 17.4 Å². The second-order valence-electron chi connectivity index (χ2n) is 7.62. The van der Waals surface area contributed by atoms with Gasteiger partial charge in [0.05, 0.1) is 26.4 Å². The Morgan fingerprint density at radius 3 is 2.71 bits per heavy atom. The van der Waals surface area contributed by atoms with E-state index in [0.29, 0.717) is 19.1 Å². The van der Waals surface area contributed by atoms with E-state index >= 15 is 0 Å². The number of ether oxygens (including phenoxy) is 3. The van der Waals surface area contributed by atoms with Crippen molar-refractivity contribution in [2.75, 3.05) is 20.3 Å². The van der Waals surface area contributed by atoms with Gasteiger partial charge < -0.3 is 19.3 Å². The van der Waals surface area contributed by atoms with Gasteiger partial charge >= 0.3 is 0 Å². The van der Waals surface area contributed by atoms with Gasteiger partial charge in [0, 0.05) is 17.8 Å². The molecule has 0 radical (unpaired) electrons. The second-order valence-corrected chi connectivity index (χ2v) is 7.62. The number of hydrogen-bond acceptors (Lipinski definition) is 4. The molecule has 3 aliphatic rings. The molecule has 0 amide bonds. The van der Waals surface area contributed by atoms with Gasteiger partial charge in [-0.2, -0.15) is 0 Å². The average Bonchev–Trinajstić information content (AvgIpc) is 3.09. The first-order valence-corrected chi connectivity index (χ1v) is 9.23. The zero-order valence-corrected chi connectivity index (χ0v) is 14.7. The molecule has 1 N–H and O–H groups in total. The van der Waals surface area contributed by atoms with Crippen LogP contribution in [0.2, 0.25) is 0 Å². The fourth-order valence-corrected chi connectivity index (χ4v) is 5.60. The molecule has 4 atom stereocenters. The Labute approximate surface area is 144 Å². The summed E-state index contributed by atoms with van der Waals surface area (Å²) >= 11 is 0.